The minimum atomic E-state index is -0.0139. The van der Waals surface area contributed by atoms with Crippen LogP contribution in [0.15, 0.2) is 42.5 Å². The fourth-order valence-electron chi connectivity index (χ4n) is 2.90. The van der Waals surface area contributed by atoms with E-state index >= 15 is 0 Å². The molecule has 5 nitrogen and oxygen atoms in total. The van der Waals surface area contributed by atoms with Gasteiger partial charge in [0.05, 0.1) is 23.2 Å². The molecule has 1 aromatic heterocycles. The lowest BCUT2D eigenvalue weighted by atomic mass is 10.00. The van der Waals surface area contributed by atoms with Gasteiger partial charge in [-0.25, -0.2) is 4.98 Å². The smallest absolute Gasteiger partial charge is 0.231 e. The van der Waals surface area contributed by atoms with Gasteiger partial charge in [0.2, 0.25) is 5.91 Å². The van der Waals surface area contributed by atoms with E-state index in [9.17, 15) is 4.79 Å². The van der Waals surface area contributed by atoms with Crippen LogP contribution in [0.1, 0.15) is 5.56 Å². The summed E-state index contributed by atoms with van der Waals surface area (Å²) in [5.74, 6) is 0.763. The van der Waals surface area contributed by atoms with Gasteiger partial charge in [0.1, 0.15) is 5.75 Å². The third-order valence-corrected chi connectivity index (χ3v) is 5.47. The van der Waals surface area contributed by atoms with Gasteiger partial charge in [-0.2, -0.15) is 0 Å². The molecule has 1 saturated heterocycles. The van der Waals surface area contributed by atoms with Gasteiger partial charge in [0, 0.05) is 24.8 Å². The van der Waals surface area contributed by atoms with E-state index in [2.05, 4.69) is 40.3 Å². The normalized spacial score (nSPS) is 14.4. The van der Waals surface area contributed by atoms with E-state index in [4.69, 9.17) is 4.74 Å². The number of ether oxygens (including phenoxy) is 1. The van der Waals surface area contributed by atoms with Gasteiger partial charge >= 0.3 is 0 Å². The molecule has 0 spiro atoms. The Bertz CT molecular complexity index is 931. The molecule has 2 heterocycles. The van der Waals surface area contributed by atoms with Crippen molar-refractivity contribution in [1.82, 2.24) is 4.98 Å². The van der Waals surface area contributed by atoms with Crippen molar-refractivity contribution < 1.29 is 9.53 Å². The largest absolute Gasteiger partial charge is 0.497 e. The Kier molecular flexibility index (Phi) is 4.05. The first kappa shape index (κ1) is 15.9. The standard InChI is InChI=1S/C19H19N3O2S/c1-12-6-7-16-17(8-12)25-19(21-16)22-10-13(11-22)18(23)20-14-4-3-5-15(9-14)24-2/h3-9,13H,10-11H2,1-2H3,(H,20,23). The fraction of sp³-hybridized carbons (Fsp3) is 0.263. The van der Waals surface area contributed by atoms with Crippen LogP contribution < -0.4 is 15.0 Å². The molecule has 128 valence electrons. The summed E-state index contributed by atoms with van der Waals surface area (Å²) in [5.41, 5.74) is 3.02. The van der Waals surface area contributed by atoms with Crippen molar-refractivity contribution in [3.8, 4) is 5.75 Å². The minimum absolute atomic E-state index is 0.0139. The number of amides is 1. The fourth-order valence-corrected chi connectivity index (χ4v) is 3.98. The molecule has 0 aliphatic carbocycles. The van der Waals surface area contributed by atoms with Crippen LogP contribution in [0.25, 0.3) is 10.2 Å². The Morgan fingerprint density at radius 3 is 2.92 bits per heavy atom. The first-order chi connectivity index (χ1) is 12.1. The molecular formula is C19H19N3O2S. The second-order valence-corrected chi connectivity index (χ2v) is 7.30. The predicted octanol–water partition coefficient (Wildman–Crippen LogP) is 3.69. The summed E-state index contributed by atoms with van der Waals surface area (Å²) < 4.78 is 6.38. The van der Waals surface area contributed by atoms with E-state index in [1.165, 1.54) is 10.3 Å². The zero-order valence-corrected chi connectivity index (χ0v) is 15.0. The molecule has 1 aliphatic rings. The van der Waals surface area contributed by atoms with Crippen LogP contribution in [-0.2, 0) is 4.79 Å². The van der Waals surface area contributed by atoms with E-state index in [0.29, 0.717) is 13.1 Å². The Labute approximate surface area is 150 Å². The number of benzene rings is 2. The molecule has 0 saturated carbocycles. The summed E-state index contributed by atoms with van der Waals surface area (Å²) in [5, 5.41) is 3.95. The molecule has 1 N–H and O–H groups in total. The maximum atomic E-state index is 12.4. The van der Waals surface area contributed by atoms with Gasteiger partial charge < -0.3 is 15.0 Å². The number of methoxy groups -OCH3 is 1. The van der Waals surface area contributed by atoms with Crippen LogP contribution in [0.3, 0.4) is 0 Å². The zero-order chi connectivity index (χ0) is 17.4. The van der Waals surface area contributed by atoms with Gasteiger partial charge in [-0.3, -0.25) is 4.79 Å². The first-order valence-corrected chi connectivity index (χ1v) is 9.01. The van der Waals surface area contributed by atoms with Crippen molar-refractivity contribution in [2.24, 2.45) is 5.92 Å². The molecule has 0 bridgehead atoms. The maximum absolute atomic E-state index is 12.4. The van der Waals surface area contributed by atoms with Crippen molar-refractivity contribution in [3.05, 3.63) is 48.0 Å². The molecular weight excluding hydrogens is 334 g/mol. The molecule has 4 rings (SSSR count). The first-order valence-electron chi connectivity index (χ1n) is 8.19. The lowest BCUT2D eigenvalue weighted by Gasteiger charge is -2.37. The van der Waals surface area contributed by atoms with Crippen molar-refractivity contribution in [2.75, 3.05) is 30.4 Å². The molecule has 25 heavy (non-hydrogen) atoms. The summed E-state index contributed by atoms with van der Waals surface area (Å²) in [4.78, 5) is 19.2. The number of hydrogen-bond donors (Lipinski definition) is 1. The number of anilines is 2. The highest BCUT2D eigenvalue weighted by Gasteiger charge is 2.34. The number of aromatic nitrogens is 1. The predicted molar refractivity (Wildman–Crippen MR) is 102 cm³/mol. The van der Waals surface area contributed by atoms with Crippen LogP contribution in [0.2, 0.25) is 0 Å². The topological polar surface area (TPSA) is 54.5 Å². The zero-order valence-electron chi connectivity index (χ0n) is 14.2. The molecule has 0 radical (unpaired) electrons. The van der Waals surface area contributed by atoms with Gasteiger partial charge in [-0.15, -0.1) is 0 Å². The highest BCUT2D eigenvalue weighted by atomic mass is 32.1. The third-order valence-electron chi connectivity index (χ3n) is 4.39. The van der Waals surface area contributed by atoms with E-state index < -0.39 is 0 Å². The molecule has 6 heteroatoms. The second kappa shape index (κ2) is 6.37. The third kappa shape index (κ3) is 3.17. The number of carbonyl (C=O) groups excluding carboxylic acids is 1. The summed E-state index contributed by atoms with van der Waals surface area (Å²) in [7, 11) is 1.62. The Balaban J connectivity index is 1.39. The van der Waals surface area contributed by atoms with Gasteiger partial charge in [0.25, 0.3) is 0 Å². The molecule has 1 fully saturated rings. The second-order valence-electron chi connectivity index (χ2n) is 6.29. The van der Waals surface area contributed by atoms with E-state index in [-0.39, 0.29) is 11.8 Å². The highest BCUT2D eigenvalue weighted by Crippen LogP contribution is 2.33. The summed E-state index contributed by atoms with van der Waals surface area (Å²) >= 11 is 1.68. The Morgan fingerprint density at radius 2 is 2.12 bits per heavy atom. The van der Waals surface area contributed by atoms with E-state index in [0.717, 1.165) is 22.1 Å². The van der Waals surface area contributed by atoms with Crippen molar-refractivity contribution in [1.29, 1.82) is 0 Å². The van der Waals surface area contributed by atoms with Crippen molar-refractivity contribution in [3.63, 3.8) is 0 Å². The van der Waals surface area contributed by atoms with Gasteiger partial charge in [-0.05, 0) is 36.8 Å². The molecule has 1 amide bonds. The minimum Gasteiger partial charge on any atom is -0.497 e. The number of thiazole rings is 1. The molecule has 3 aromatic rings. The van der Waals surface area contributed by atoms with Crippen molar-refractivity contribution in [2.45, 2.75) is 6.92 Å². The van der Waals surface area contributed by atoms with Gasteiger partial charge in [0.15, 0.2) is 5.13 Å². The van der Waals surface area contributed by atoms with E-state index in [1.807, 2.05) is 24.3 Å². The number of rotatable bonds is 4. The summed E-state index contributed by atoms with van der Waals surface area (Å²) in [6.45, 7) is 3.49. The van der Waals surface area contributed by atoms with Crippen LogP contribution in [0.4, 0.5) is 10.8 Å². The molecule has 0 unspecified atom stereocenters. The number of nitrogens with one attached hydrogen (secondary N) is 1. The number of nitrogens with zero attached hydrogens (tertiary/aromatic N) is 2. The van der Waals surface area contributed by atoms with Crippen molar-refractivity contribution >= 4 is 38.3 Å². The Hall–Kier alpha value is -2.60. The number of aryl methyl sites for hydroxylation is 1. The lowest BCUT2D eigenvalue weighted by Crippen LogP contribution is -2.52. The van der Waals surface area contributed by atoms with Gasteiger partial charge in [-0.1, -0.05) is 23.5 Å². The number of fused-ring (bicyclic) bond motifs is 1. The molecule has 0 atom stereocenters. The van der Waals surface area contributed by atoms with E-state index in [1.54, 1.807) is 18.4 Å². The SMILES string of the molecule is COc1cccc(NC(=O)C2CN(c3nc4ccc(C)cc4s3)C2)c1. The maximum Gasteiger partial charge on any atom is 0.231 e. The van der Waals surface area contributed by atoms with Crippen LogP contribution >= 0.6 is 11.3 Å². The van der Waals surface area contributed by atoms with Crippen LogP contribution in [0.5, 0.6) is 5.75 Å². The summed E-state index contributed by atoms with van der Waals surface area (Å²) in [6.07, 6.45) is 0. The molecule has 1 aliphatic heterocycles. The summed E-state index contributed by atoms with van der Waals surface area (Å²) in [6, 6.07) is 13.7. The number of carbonyl (C=O) groups is 1. The Morgan fingerprint density at radius 1 is 1.28 bits per heavy atom. The quantitative estimate of drug-likeness (QED) is 0.777. The monoisotopic (exact) mass is 353 g/mol. The highest BCUT2D eigenvalue weighted by molar-refractivity contribution is 7.22. The average molecular weight is 353 g/mol. The van der Waals surface area contributed by atoms with Crippen LogP contribution in [-0.4, -0.2) is 31.1 Å². The average Bonchev–Trinajstić information content (AvgIpc) is 2.96. The molecule has 2 aromatic carbocycles. The van der Waals surface area contributed by atoms with Crippen LogP contribution in [0, 0.1) is 12.8 Å². The lowest BCUT2D eigenvalue weighted by molar-refractivity contribution is -0.120. The number of hydrogen-bond acceptors (Lipinski definition) is 5.